The van der Waals surface area contributed by atoms with Crippen LogP contribution in [0.15, 0.2) is 67.5 Å². The SMILES string of the molecule is O=C(NC(Cc1ccncc1)C(=O)N1CCC2OCC(=O)C21)c1ccc(-n2ccnc2)cc1. The minimum atomic E-state index is -0.819. The molecule has 0 aliphatic carbocycles. The van der Waals surface area contributed by atoms with Crippen molar-refractivity contribution in [3.05, 3.63) is 78.6 Å². The molecule has 0 bridgehead atoms. The first-order valence-corrected chi connectivity index (χ1v) is 10.8. The van der Waals surface area contributed by atoms with Gasteiger partial charge in [0.1, 0.15) is 18.7 Å². The molecular weight excluding hydrogens is 422 g/mol. The molecule has 0 radical (unpaired) electrons. The molecule has 9 nitrogen and oxygen atoms in total. The van der Waals surface area contributed by atoms with Crippen LogP contribution >= 0.6 is 0 Å². The first-order chi connectivity index (χ1) is 16.1. The number of pyridine rings is 1. The molecule has 2 saturated heterocycles. The summed E-state index contributed by atoms with van der Waals surface area (Å²) in [6.45, 7) is 0.464. The van der Waals surface area contributed by atoms with Gasteiger partial charge in [-0.25, -0.2) is 4.98 Å². The van der Waals surface area contributed by atoms with E-state index in [0.29, 0.717) is 24.9 Å². The fourth-order valence-electron chi connectivity index (χ4n) is 4.43. The average Bonchev–Trinajstić information content (AvgIpc) is 3.59. The lowest BCUT2D eigenvalue weighted by Crippen LogP contribution is -2.53. The number of ether oxygens (including phenoxy) is 1. The van der Waals surface area contributed by atoms with Crippen LogP contribution in [0.5, 0.6) is 0 Å². The maximum absolute atomic E-state index is 13.5. The Hall–Kier alpha value is -3.85. The third-order valence-electron chi connectivity index (χ3n) is 6.12. The number of hydrogen-bond donors (Lipinski definition) is 1. The number of imidazole rings is 1. The predicted octanol–water partition coefficient (Wildman–Crippen LogP) is 1.18. The van der Waals surface area contributed by atoms with Crippen molar-refractivity contribution in [1.82, 2.24) is 24.8 Å². The van der Waals surface area contributed by atoms with E-state index in [1.54, 1.807) is 42.0 Å². The highest BCUT2D eigenvalue weighted by Gasteiger charge is 2.48. The van der Waals surface area contributed by atoms with Crippen LogP contribution in [0.2, 0.25) is 0 Å². The van der Waals surface area contributed by atoms with Crippen LogP contribution in [-0.4, -0.2) is 68.4 Å². The van der Waals surface area contributed by atoms with Crippen LogP contribution in [0, 0.1) is 0 Å². The van der Waals surface area contributed by atoms with Crippen molar-refractivity contribution in [3.8, 4) is 5.69 Å². The number of carbonyl (C=O) groups is 3. The normalized spacial score (nSPS) is 20.5. The van der Waals surface area contributed by atoms with Crippen molar-refractivity contribution >= 4 is 17.6 Å². The fourth-order valence-corrected chi connectivity index (χ4v) is 4.43. The molecule has 168 valence electrons. The molecule has 2 aliphatic rings. The number of aromatic nitrogens is 3. The first kappa shape index (κ1) is 21.0. The van der Waals surface area contributed by atoms with Gasteiger partial charge in [-0.1, -0.05) is 0 Å². The van der Waals surface area contributed by atoms with E-state index >= 15 is 0 Å². The summed E-state index contributed by atoms with van der Waals surface area (Å²) in [5.41, 5.74) is 2.17. The lowest BCUT2D eigenvalue weighted by atomic mass is 10.0. The van der Waals surface area contributed by atoms with E-state index in [4.69, 9.17) is 4.74 Å². The molecule has 4 heterocycles. The number of fused-ring (bicyclic) bond motifs is 1. The summed E-state index contributed by atoms with van der Waals surface area (Å²) in [5, 5.41) is 2.89. The summed E-state index contributed by atoms with van der Waals surface area (Å²) in [7, 11) is 0. The van der Waals surface area contributed by atoms with Crippen LogP contribution in [-0.2, 0) is 20.7 Å². The smallest absolute Gasteiger partial charge is 0.251 e. The first-order valence-electron chi connectivity index (χ1n) is 10.8. The molecule has 2 amide bonds. The Balaban J connectivity index is 1.35. The Kier molecular flexibility index (Phi) is 5.70. The van der Waals surface area contributed by atoms with Crippen LogP contribution in [0.25, 0.3) is 5.69 Å². The summed E-state index contributed by atoms with van der Waals surface area (Å²) >= 11 is 0. The van der Waals surface area contributed by atoms with Crippen molar-refractivity contribution in [1.29, 1.82) is 0 Å². The van der Waals surface area contributed by atoms with Gasteiger partial charge in [0.05, 0.1) is 12.4 Å². The van der Waals surface area contributed by atoms with E-state index in [-0.39, 0.29) is 30.3 Å². The Bertz CT molecular complexity index is 1150. The van der Waals surface area contributed by atoms with Crippen molar-refractivity contribution in [2.45, 2.75) is 31.0 Å². The molecule has 9 heteroatoms. The Morgan fingerprint density at radius 1 is 1.09 bits per heavy atom. The maximum Gasteiger partial charge on any atom is 0.251 e. The second-order valence-corrected chi connectivity index (χ2v) is 8.18. The predicted molar refractivity (Wildman–Crippen MR) is 118 cm³/mol. The standard InChI is InChI=1S/C24H23N5O4/c30-20-14-33-21-7-11-29(22(20)21)24(32)19(13-16-5-8-25-9-6-16)27-23(31)17-1-3-18(4-2-17)28-12-10-26-15-28/h1-6,8-10,12,15,19,21-22H,7,11,13-14H2,(H,27,31). The van der Waals surface area contributed by atoms with Gasteiger partial charge in [-0.05, 0) is 48.4 Å². The van der Waals surface area contributed by atoms with Gasteiger partial charge in [0.25, 0.3) is 5.91 Å². The number of nitrogens with one attached hydrogen (secondary N) is 1. The summed E-state index contributed by atoms with van der Waals surface area (Å²) in [6, 6.07) is 9.28. The number of benzene rings is 1. The number of likely N-dealkylation sites (tertiary alicyclic amines) is 1. The van der Waals surface area contributed by atoms with Crippen molar-refractivity contribution in [2.24, 2.45) is 0 Å². The van der Waals surface area contributed by atoms with E-state index in [2.05, 4.69) is 15.3 Å². The molecule has 3 atom stereocenters. The molecule has 33 heavy (non-hydrogen) atoms. The van der Waals surface area contributed by atoms with E-state index in [1.165, 1.54) is 0 Å². The summed E-state index contributed by atoms with van der Waals surface area (Å²) < 4.78 is 7.35. The number of nitrogens with zero attached hydrogens (tertiary/aromatic N) is 4. The maximum atomic E-state index is 13.5. The van der Waals surface area contributed by atoms with Gasteiger partial charge >= 0.3 is 0 Å². The molecule has 0 saturated carbocycles. The van der Waals surface area contributed by atoms with Crippen LogP contribution in [0.4, 0.5) is 0 Å². The summed E-state index contributed by atoms with van der Waals surface area (Å²) in [6.07, 6.45) is 9.12. The van der Waals surface area contributed by atoms with Crippen molar-refractivity contribution in [2.75, 3.05) is 13.2 Å². The third kappa shape index (κ3) is 4.27. The molecule has 0 spiro atoms. The molecule has 1 N–H and O–H groups in total. The zero-order chi connectivity index (χ0) is 22.8. The number of amides is 2. The van der Waals surface area contributed by atoms with Crippen molar-refractivity contribution < 1.29 is 19.1 Å². The molecule has 1 aromatic carbocycles. The van der Waals surface area contributed by atoms with Gasteiger partial charge in [-0.15, -0.1) is 0 Å². The fraction of sp³-hybridized carbons (Fsp3) is 0.292. The Morgan fingerprint density at radius 2 is 1.88 bits per heavy atom. The molecule has 5 rings (SSSR count). The number of Topliss-reactive ketones (excluding diaryl/α,β-unsaturated/α-hetero) is 1. The molecule has 3 unspecified atom stereocenters. The number of ketones is 1. The monoisotopic (exact) mass is 445 g/mol. The van der Waals surface area contributed by atoms with Crippen molar-refractivity contribution in [3.63, 3.8) is 0 Å². The van der Waals surface area contributed by atoms with Gasteiger partial charge in [-0.3, -0.25) is 19.4 Å². The van der Waals surface area contributed by atoms with Gasteiger partial charge in [0, 0.05) is 49.0 Å². The second-order valence-electron chi connectivity index (χ2n) is 8.18. The molecule has 2 aromatic heterocycles. The van der Waals surface area contributed by atoms with E-state index in [9.17, 15) is 14.4 Å². The summed E-state index contributed by atoms with van der Waals surface area (Å²) in [4.78, 5) is 48.4. The highest BCUT2D eigenvalue weighted by Crippen LogP contribution is 2.28. The third-order valence-corrected chi connectivity index (χ3v) is 6.12. The van der Waals surface area contributed by atoms with E-state index in [0.717, 1.165) is 11.3 Å². The molecule has 2 aliphatic heterocycles. The lowest BCUT2D eigenvalue weighted by Gasteiger charge is -2.27. The van der Waals surface area contributed by atoms with Gasteiger partial charge in [0.15, 0.2) is 5.78 Å². The minimum absolute atomic E-state index is 0.0315. The van der Waals surface area contributed by atoms with E-state index in [1.807, 2.05) is 35.0 Å². The van der Waals surface area contributed by atoms with Crippen LogP contribution < -0.4 is 5.32 Å². The topological polar surface area (TPSA) is 106 Å². The zero-order valence-corrected chi connectivity index (χ0v) is 17.8. The molecule has 2 fully saturated rings. The second kappa shape index (κ2) is 8.95. The highest BCUT2D eigenvalue weighted by atomic mass is 16.5. The zero-order valence-electron chi connectivity index (χ0n) is 17.8. The Labute approximate surface area is 190 Å². The highest BCUT2D eigenvalue weighted by molar-refractivity contribution is 5.99. The van der Waals surface area contributed by atoms with E-state index < -0.39 is 12.1 Å². The number of hydrogen-bond acceptors (Lipinski definition) is 6. The number of rotatable bonds is 6. The average molecular weight is 445 g/mol. The Morgan fingerprint density at radius 3 is 2.61 bits per heavy atom. The largest absolute Gasteiger partial charge is 0.368 e. The van der Waals surface area contributed by atoms with Gasteiger partial charge in [0.2, 0.25) is 5.91 Å². The quantitative estimate of drug-likeness (QED) is 0.611. The minimum Gasteiger partial charge on any atom is -0.368 e. The molecule has 3 aromatic rings. The van der Waals surface area contributed by atoms with Crippen LogP contribution in [0.1, 0.15) is 22.3 Å². The van der Waals surface area contributed by atoms with Gasteiger partial charge in [-0.2, -0.15) is 0 Å². The summed E-state index contributed by atoms with van der Waals surface area (Å²) in [5.74, 6) is -0.721. The lowest BCUT2D eigenvalue weighted by molar-refractivity contribution is -0.138. The van der Waals surface area contributed by atoms with Gasteiger partial charge < -0.3 is 19.5 Å². The van der Waals surface area contributed by atoms with Crippen LogP contribution in [0.3, 0.4) is 0 Å². The number of carbonyl (C=O) groups excluding carboxylic acids is 3. The molecular formula is C24H23N5O4.